The zero-order valence-electron chi connectivity index (χ0n) is 11.5. The Morgan fingerprint density at radius 2 is 1.95 bits per heavy atom. The summed E-state index contributed by atoms with van der Waals surface area (Å²) in [7, 11) is 0. The van der Waals surface area contributed by atoms with Crippen molar-refractivity contribution in [1.82, 2.24) is 9.97 Å². The molecule has 9 heteroatoms. The number of unbranched alkanes of at least 4 members (excludes halogenated alkanes) is 3. The predicted molar refractivity (Wildman–Crippen MR) is 78.1 cm³/mol. The summed E-state index contributed by atoms with van der Waals surface area (Å²) in [5.74, 6) is -0.280. The largest absolute Gasteiger partial charge is 0.450 e. The van der Waals surface area contributed by atoms with E-state index in [4.69, 9.17) is 23.1 Å². The fraction of sp³-hybridized carbons (Fsp3) is 0.500. The van der Waals surface area contributed by atoms with Crippen molar-refractivity contribution < 1.29 is 14.3 Å². The van der Waals surface area contributed by atoms with Crippen molar-refractivity contribution in [2.24, 2.45) is 11.5 Å². The van der Waals surface area contributed by atoms with Gasteiger partial charge in [0, 0.05) is 12.7 Å². The molecule has 1 aromatic heterocycles. The Hall–Kier alpha value is -2.09. The number of primary amides is 2. The smallest absolute Gasteiger partial charge is 0.404 e. The molecule has 2 amide bonds. The monoisotopic (exact) mass is 315 g/mol. The summed E-state index contributed by atoms with van der Waals surface area (Å²) in [6.07, 6.45) is 3.99. The van der Waals surface area contributed by atoms with E-state index in [2.05, 4.69) is 20.0 Å². The third-order valence-electron chi connectivity index (χ3n) is 2.63. The molecule has 1 aromatic rings. The lowest BCUT2D eigenvalue weighted by Crippen LogP contribution is -2.16. The van der Waals surface area contributed by atoms with Crippen LogP contribution in [0.5, 0.6) is 0 Å². The Balaban J connectivity index is 2.25. The highest BCUT2D eigenvalue weighted by Crippen LogP contribution is 2.13. The Bertz CT molecular complexity index is 498. The SMILES string of the molecule is NC(=O)OCCCCCCNc1nc(Cl)ncc1C(N)=O. The standard InChI is InChI=1S/C12H18ClN5O3/c13-11-17-7-8(9(14)19)10(18-11)16-5-3-1-2-4-6-21-12(15)20/h7H,1-6H2,(H2,14,19)(H2,15,20)(H,16,17,18). The second-order valence-electron chi connectivity index (χ2n) is 4.27. The van der Waals surface area contributed by atoms with Crippen LogP contribution < -0.4 is 16.8 Å². The first kappa shape index (κ1) is 17.0. The molecule has 0 bridgehead atoms. The lowest BCUT2D eigenvalue weighted by Gasteiger charge is -2.08. The highest BCUT2D eigenvalue weighted by molar-refractivity contribution is 6.28. The molecule has 0 aliphatic carbocycles. The van der Waals surface area contributed by atoms with Gasteiger partial charge in [0.15, 0.2) is 0 Å². The van der Waals surface area contributed by atoms with Gasteiger partial charge in [-0.05, 0) is 30.9 Å². The number of carbonyl (C=O) groups is 2. The molecular weight excluding hydrogens is 298 g/mol. The van der Waals surface area contributed by atoms with Gasteiger partial charge in [-0.2, -0.15) is 4.98 Å². The molecule has 0 radical (unpaired) electrons. The normalized spacial score (nSPS) is 10.1. The molecular formula is C12H18ClN5O3. The van der Waals surface area contributed by atoms with E-state index in [0.717, 1.165) is 25.7 Å². The maximum Gasteiger partial charge on any atom is 0.404 e. The van der Waals surface area contributed by atoms with E-state index in [1.807, 2.05) is 0 Å². The van der Waals surface area contributed by atoms with Crippen LogP contribution in [-0.4, -0.2) is 35.1 Å². The molecule has 0 unspecified atom stereocenters. The molecule has 1 heterocycles. The summed E-state index contributed by atoms with van der Waals surface area (Å²) in [6, 6.07) is 0. The second-order valence-corrected chi connectivity index (χ2v) is 4.61. The Morgan fingerprint density at radius 3 is 2.62 bits per heavy atom. The second kappa shape index (κ2) is 8.96. The summed E-state index contributed by atoms with van der Waals surface area (Å²) < 4.78 is 4.61. The quantitative estimate of drug-likeness (QED) is 0.464. The molecule has 0 aliphatic heterocycles. The van der Waals surface area contributed by atoms with Crippen LogP contribution in [0.15, 0.2) is 6.20 Å². The fourth-order valence-corrected chi connectivity index (χ4v) is 1.77. The van der Waals surface area contributed by atoms with Gasteiger partial charge in [0.1, 0.15) is 5.82 Å². The van der Waals surface area contributed by atoms with Crippen LogP contribution in [-0.2, 0) is 4.74 Å². The molecule has 116 valence electrons. The van der Waals surface area contributed by atoms with Crippen LogP contribution >= 0.6 is 11.6 Å². The summed E-state index contributed by atoms with van der Waals surface area (Å²) >= 11 is 5.68. The van der Waals surface area contributed by atoms with Gasteiger partial charge >= 0.3 is 6.09 Å². The van der Waals surface area contributed by atoms with E-state index >= 15 is 0 Å². The number of halogens is 1. The average Bonchev–Trinajstić information content (AvgIpc) is 2.41. The molecule has 0 atom stereocenters. The van der Waals surface area contributed by atoms with Gasteiger partial charge < -0.3 is 21.5 Å². The minimum atomic E-state index is -0.753. The maximum absolute atomic E-state index is 11.2. The van der Waals surface area contributed by atoms with Crippen molar-refractivity contribution in [1.29, 1.82) is 0 Å². The number of rotatable bonds is 9. The van der Waals surface area contributed by atoms with Gasteiger partial charge in [-0.1, -0.05) is 6.42 Å². The maximum atomic E-state index is 11.2. The zero-order valence-corrected chi connectivity index (χ0v) is 12.2. The summed E-state index contributed by atoms with van der Waals surface area (Å²) in [6.45, 7) is 0.945. The van der Waals surface area contributed by atoms with Gasteiger partial charge in [0.25, 0.3) is 5.91 Å². The Labute approximate surface area is 127 Å². The summed E-state index contributed by atoms with van der Waals surface area (Å²) in [5.41, 5.74) is 10.3. The van der Waals surface area contributed by atoms with Gasteiger partial charge in [0.05, 0.1) is 12.2 Å². The average molecular weight is 316 g/mol. The highest BCUT2D eigenvalue weighted by Gasteiger charge is 2.10. The molecule has 0 aromatic carbocycles. The molecule has 8 nitrogen and oxygen atoms in total. The summed E-state index contributed by atoms with van der Waals surface area (Å²) in [4.78, 5) is 29.2. The molecule has 0 aliphatic rings. The first-order chi connectivity index (χ1) is 10.0. The number of nitrogens with zero attached hydrogens (tertiary/aromatic N) is 2. The van der Waals surface area contributed by atoms with Crippen LogP contribution in [0.3, 0.4) is 0 Å². The third-order valence-corrected chi connectivity index (χ3v) is 2.81. The molecule has 0 spiro atoms. The van der Waals surface area contributed by atoms with E-state index in [-0.39, 0.29) is 10.8 Å². The number of amides is 2. The van der Waals surface area contributed by atoms with Gasteiger partial charge in [-0.25, -0.2) is 9.78 Å². The number of ether oxygens (including phenoxy) is 1. The Morgan fingerprint density at radius 1 is 1.24 bits per heavy atom. The first-order valence-corrected chi connectivity index (χ1v) is 6.87. The van der Waals surface area contributed by atoms with Crippen LogP contribution in [0.4, 0.5) is 10.6 Å². The van der Waals surface area contributed by atoms with Crippen molar-refractivity contribution in [2.45, 2.75) is 25.7 Å². The predicted octanol–water partition coefficient (Wildman–Crippen LogP) is 1.30. The Kier molecular flexibility index (Phi) is 7.24. The number of carbonyl (C=O) groups excluding carboxylic acids is 2. The first-order valence-electron chi connectivity index (χ1n) is 6.49. The van der Waals surface area contributed by atoms with Gasteiger partial charge in [0.2, 0.25) is 5.28 Å². The van der Waals surface area contributed by atoms with E-state index in [9.17, 15) is 9.59 Å². The number of anilines is 1. The lowest BCUT2D eigenvalue weighted by molar-refractivity contribution is 0.1000. The minimum Gasteiger partial charge on any atom is -0.450 e. The van der Waals surface area contributed by atoms with Crippen LogP contribution in [0, 0.1) is 0 Å². The van der Waals surface area contributed by atoms with E-state index in [0.29, 0.717) is 19.0 Å². The molecule has 1 rings (SSSR count). The molecule has 21 heavy (non-hydrogen) atoms. The molecule has 0 saturated carbocycles. The van der Waals surface area contributed by atoms with Crippen LogP contribution in [0.2, 0.25) is 5.28 Å². The molecule has 0 fully saturated rings. The van der Waals surface area contributed by atoms with Crippen molar-refractivity contribution >= 4 is 29.4 Å². The van der Waals surface area contributed by atoms with Gasteiger partial charge in [-0.15, -0.1) is 0 Å². The van der Waals surface area contributed by atoms with Crippen molar-refractivity contribution in [3.8, 4) is 0 Å². The zero-order chi connectivity index (χ0) is 15.7. The number of hydrogen-bond donors (Lipinski definition) is 3. The lowest BCUT2D eigenvalue weighted by atomic mass is 10.2. The molecule has 5 N–H and O–H groups in total. The topological polar surface area (TPSA) is 133 Å². The number of aromatic nitrogens is 2. The third kappa shape index (κ3) is 6.75. The number of nitrogens with two attached hydrogens (primary N) is 2. The van der Waals surface area contributed by atoms with Crippen molar-refractivity contribution in [3.63, 3.8) is 0 Å². The van der Waals surface area contributed by atoms with E-state index < -0.39 is 12.0 Å². The molecule has 0 saturated heterocycles. The van der Waals surface area contributed by atoms with Crippen LogP contribution in [0.25, 0.3) is 0 Å². The van der Waals surface area contributed by atoms with Crippen molar-refractivity contribution in [3.05, 3.63) is 17.0 Å². The minimum absolute atomic E-state index is 0.0473. The number of nitrogens with one attached hydrogen (secondary N) is 1. The van der Waals surface area contributed by atoms with E-state index in [1.165, 1.54) is 6.20 Å². The summed E-state index contributed by atoms with van der Waals surface area (Å²) in [5, 5.41) is 3.05. The fourth-order valence-electron chi connectivity index (χ4n) is 1.64. The van der Waals surface area contributed by atoms with Crippen molar-refractivity contribution in [2.75, 3.05) is 18.5 Å². The van der Waals surface area contributed by atoms with Gasteiger partial charge in [-0.3, -0.25) is 4.79 Å². The highest BCUT2D eigenvalue weighted by atomic mass is 35.5. The van der Waals surface area contributed by atoms with Crippen LogP contribution in [0.1, 0.15) is 36.0 Å². The van der Waals surface area contributed by atoms with E-state index in [1.54, 1.807) is 0 Å². The number of hydrogen-bond acceptors (Lipinski definition) is 6.